The van der Waals surface area contributed by atoms with E-state index in [1.165, 1.54) is 0 Å². The fraction of sp³-hybridized carbons (Fsp3) is 0.564. The summed E-state index contributed by atoms with van der Waals surface area (Å²) < 4.78 is 55.6. The first kappa shape index (κ1) is 43.2. The number of ether oxygens (including phenoxy) is 3. The van der Waals surface area contributed by atoms with Crippen molar-refractivity contribution >= 4 is 41.2 Å². The molecule has 3 aromatic rings. The van der Waals surface area contributed by atoms with E-state index in [9.17, 15) is 22.8 Å². The molecule has 3 atom stereocenters. The van der Waals surface area contributed by atoms with Crippen molar-refractivity contribution in [3.8, 4) is 11.8 Å². The Morgan fingerprint density at radius 1 is 0.982 bits per heavy atom. The highest BCUT2D eigenvalue weighted by Gasteiger charge is 2.34. The van der Waals surface area contributed by atoms with Crippen LogP contribution in [-0.4, -0.2) is 77.0 Å². The lowest BCUT2D eigenvalue weighted by atomic mass is 9.75. The monoisotopic (exact) mass is 791 g/mol. The average Bonchev–Trinajstić information content (AvgIpc) is 3.14. The zero-order valence-electron chi connectivity index (χ0n) is 32.2. The molecule has 4 rings (SSSR count). The van der Waals surface area contributed by atoms with Crippen LogP contribution in [0.2, 0.25) is 5.02 Å². The molecule has 0 saturated heterocycles. The van der Waals surface area contributed by atoms with Crippen molar-refractivity contribution in [1.82, 2.24) is 25.2 Å². The van der Waals surface area contributed by atoms with Crippen LogP contribution in [0.4, 0.5) is 35.5 Å². The van der Waals surface area contributed by atoms with Crippen LogP contribution in [-0.2, 0) is 11.3 Å². The van der Waals surface area contributed by atoms with Gasteiger partial charge in [-0.1, -0.05) is 58.7 Å². The van der Waals surface area contributed by atoms with Gasteiger partial charge in [-0.05, 0) is 91.8 Å². The molecule has 3 N–H and O–H groups in total. The Hall–Kier alpha value is -4.53. The Kier molecular flexibility index (Phi) is 16.5. The number of nitrogens with zero attached hydrogens (tertiary/aromatic N) is 4. The molecule has 1 aromatic heterocycles. The normalized spacial score (nSPS) is 17.0. The van der Waals surface area contributed by atoms with Gasteiger partial charge >= 0.3 is 18.3 Å². The van der Waals surface area contributed by atoms with E-state index in [1.807, 2.05) is 13.8 Å². The maximum absolute atomic E-state index is 13.2. The lowest BCUT2D eigenvalue weighted by Crippen LogP contribution is -2.41. The van der Waals surface area contributed by atoms with E-state index < -0.39 is 18.8 Å². The highest BCUT2D eigenvalue weighted by atomic mass is 35.5. The van der Waals surface area contributed by atoms with Crippen LogP contribution in [0.3, 0.4) is 0 Å². The lowest BCUT2D eigenvalue weighted by Gasteiger charge is -2.37. The smallest absolute Gasteiger partial charge is 0.422 e. The molecule has 0 radical (unpaired) electrons. The summed E-state index contributed by atoms with van der Waals surface area (Å²) in [6.45, 7) is 11.1. The predicted octanol–water partition coefficient (Wildman–Crippen LogP) is 9.04. The minimum absolute atomic E-state index is 0.0467. The molecule has 0 spiro atoms. The molecule has 1 heterocycles. The molecule has 1 aliphatic rings. The van der Waals surface area contributed by atoms with Gasteiger partial charge in [-0.2, -0.15) is 28.1 Å². The van der Waals surface area contributed by atoms with Crippen molar-refractivity contribution in [2.45, 2.75) is 92.0 Å². The average molecular weight is 792 g/mol. The van der Waals surface area contributed by atoms with Crippen LogP contribution in [0, 0.1) is 17.8 Å². The number of carbonyl (C=O) groups is 2. The third kappa shape index (κ3) is 14.2. The van der Waals surface area contributed by atoms with Crippen LogP contribution in [0.25, 0.3) is 0 Å². The lowest BCUT2D eigenvalue weighted by molar-refractivity contribution is -0.154. The van der Waals surface area contributed by atoms with Gasteiger partial charge in [0, 0.05) is 37.4 Å². The maximum Gasteiger partial charge on any atom is 0.422 e. The summed E-state index contributed by atoms with van der Waals surface area (Å²) in [5.41, 5.74) is 1.65. The summed E-state index contributed by atoms with van der Waals surface area (Å²) in [7, 11) is 0. The first-order chi connectivity index (χ1) is 26.2. The summed E-state index contributed by atoms with van der Waals surface area (Å²) in [5.74, 6) is 1.48. The minimum Gasteiger partial charge on any atom is -0.492 e. The Morgan fingerprint density at radius 2 is 1.73 bits per heavy atom. The van der Waals surface area contributed by atoms with Gasteiger partial charge in [-0.25, -0.2) is 4.79 Å². The molecule has 302 valence electrons. The first-order valence-corrected chi connectivity index (χ1v) is 19.3. The standard InChI is InChI=1S/C39H53ClF3N7O5/c1-6-17-44-34(51)28-11-13-29(14-12-28)46-36-47-35(48-37(49-36)54-24-39(41,42)43)45-23-27-10-16-32(31(40)22-27)53-20-8-19-50(18-7-2)38(52)55-33-21-26(5)9-15-30(33)25(3)4/h10-14,16,22,25-26,30,33H,6-9,15,17-21,23-24H2,1-5H3,(H,44,51)(H2,45,46,47,48,49)/t26-,30+,33-/m1/s1. The van der Waals surface area contributed by atoms with Crippen LogP contribution in [0.15, 0.2) is 42.5 Å². The zero-order chi connectivity index (χ0) is 40.0. The van der Waals surface area contributed by atoms with Crippen molar-refractivity contribution in [2.24, 2.45) is 17.8 Å². The number of anilines is 3. The van der Waals surface area contributed by atoms with Crippen molar-refractivity contribution in [3.63, 3.8) is 0 Å². The van der Waals surface area contributed by atoms with E-state index in [0.29, 0.717) is 72.4 Å². The number of alkyl halides is 3. The number of amides is 2. The summed E-state index contributed by atoms with van der Waals surface area (Å²) in [5, 5.41) is 9.04. The predicted molar refractivity (Wildman–Crippen MR) is 206 cm³/mol. The van der Waals surface area contributed by atoms with Crippen molar-refractivity contribution in [2.75, 3.05) is 43.5 Å². The molecule has 0 bridgehead atoms. The number of carbonyl (C=O) groups excluding carboxylic acids is 2. The molecule has 1 aliphatic carbocycles. The second-order valence-electron chi connectivity index (χ2n) is 14.2. The van der Waals surface area contributed by atoms with Gasteiger partial charge in [0.1, 0.15) is 11.9 Å². The summed E-state index contributed by atoms with van der Waals surface area (Å²) in [6.07, 6.45) is 0.371. The van der Waals surface area contributed by atoms with E-state index in [4.69, 9.17) is 25.8 Å². The van der Waals surface area contributed by atoms with E-state index in [-0.39, 0.29) is 36.5 Å². The number of aromatic nitrogens is 3. The molecule has 1 fully saturated rings. The molecule has 12 nitrogen and oxygen atoms in total. The fourth-order valence-corrected chi connectivity index (χ4v) is 6.54. The molecule has 16 heteroatoms. The molecule has 2 aromatic carbocycles. The van der Waals surface area contributed by atoms with Gasteiger partial charge in [-0.15, -0.1) is 0 Å². The second-order valence-corrected chi connectivity index (χ2v) is 14.6. The molecule has 2 amide bonds. The fourth-order valence-electron chi connectivity index (χ4n) is 6.29. The largest absolute Gasteiger partial charge is 0.492 e. The van der Waals surface area contributed by atoms with Gasteiger partial charge < -0.3 is 35.1 Å². The van der Waals surface area contributed by atoms with Crippen molar-refractivity contribution in [1.29, 1.82) is 0 Å². The Labute approximate surface area is 326 Å². The minimum atomic E-state index is -4.60. The number of hydrogen-bond donors (Lipinski definition) is 3. The molecular weight excluding hydrogens is 739 g/mol. The van der Waals surface area contributed by atoms with Crippen LogP contribution < -0.4 is 25.4 Å². The number of nitrogens with one attached hydrogen (secondary N) is 3. The van der Waals surface area contributed by atoms with Gasteiger partial charge in [0.15, 0.2) is 6.61 Å². The zero-order valence-corrected chi connectivity index (χ0v) is 32.9. The maximum atomic E-state index is 13.2. The molecule has 1 saturated carbocycles. The number of halogens is 4. The Bertz CT molecular complexity index is 1680. The highest BCUT2D eigenvalue weighted by Crippen LogP contribution is 2.36. The molecule has 55 heavy (non-hydrogen) atoms. The van der Waals surface area contributed by atoms with Crippen molar-refractivity contribution in [3.05, 3.63) is 58.6 Å². The third-order valence-corrected chi connectivity index (χ3v) is 9.46. The van der Waals surface area contributed by atoms with Gasteiger partial charge in [-0.3, -0.25) is 4.79 Å². The van der Waals surface area contributed by atoms with Gasteiger partial charge in [0.25, 0.3) is 5.91 Å². The Balaban J connectivity index is 1.33. The number of hydrogen-bond acceptors (Lipinski definition) is 10. The van der Waals surface area contributed by atoms with Crippen LogP contribution in [0.1, 0.15) is 89.1 Å². The van der Waals surface area contributed by atoms with E-state index in [1.54, 1.807) is 47.4 Å². The third-order valence-electron chi connectivity index (χ3n) is 9.16. The summed E-state index contributed by atoms with van der Waals surface area (Å²) in [4.78, 5) is 39.4. The highest BCUT2D eigenvalue weighted by molar-refractivity contribution is 6.32. The molecule has 0 aliphatic heterocycles. The summed E-state index contributed by atoms with van der Waals surface area (Å²) in [6, 6.07) is 11.1. The van der Waals surface area contributed by atoms with Gasteiger partial charge in [0.2, 0.25) is 11.9 Å². The topological polar surface area (TPSA) is 140 Å². The van der Waals surface area contributed by atoms with E-state index in [2.05, 4.69) is 51.7 Å². The number of benzene rings is 2. The van der Waals surface area contributed by atoms with Crippen LogP contribution in [0.5, 0.6) is 11.8 Å². The number of rotatable bonds is 19. The van der Waals surface area contributed by atoms with Crippen LogP contribution >= 0.6 is 11.6 Å². The Morgan fingerprint density at radius 3 is 2.40 bits per heavy atom. The first-order valence-electron chi connectivity index (χ1n) is 19.0. The van der Waals surface area contributed by atoms with E-state index >= 15 is 0 Å². The summed E-state index contributed by atoms with van der Waals surface area (Å²) >= 11 is 6.55. The SMILES string of the molecule is CCCNC(=O)c1ccc(Nc2nc(NCc3ccc(OCCCN(CCC)C(=O)O[C@@H]4C[C@H](C)CC[C@H]4C(C)C)c(Cl)c3)nc(OCC(F)(F)F)n2)cc1. The second kappa shape index (κ2) is 21.0. The van der Waals surface area contributed by atoms with Crippen molar-refractivity contribution < 1.29 is 37.0 Å². The molecular formula is C39H53ClF3N7O5. The van der Waals surface area contributed by atoms with E-state index in [0.717, 1.165) is 37.7 Å². The molecule has 0 unspecified atom stereocenters. The van der Waals surface area contributed by atoms with Gasteiger partial charge in [0.05, 0.1) is 11.6 Å². The quantitative estimate of drug-likeness (QED) is 0.101.